The summed E-state index contributed by atoms with van der Waals surface area (Å²) in [6.45, 7) is 2.66. The van der Waals surface area contributed by atoms with Gasteiger partial charge in [0.05, 0.1) is 12.2 Å². The molecule has 25 heavy (non-hydrogen) atoms. The van der Waals surface area contributed by atoms with E-state index >= 15 is 0 Å². The number of ether oxygens (including phenoxy) is 2. The van der Waals surface area contributed by atoms with Crippen LogP contribution in [-0.2, 0) is 6.18 Å². The molecule has 0 aliphatic rings. The number of hydrogen-bond donors (Lipinski definition) is 1. The first-order valence-electron chi connectivity index (χ1n) is 7.77. The predicted octanol–water partition coefficient (Wildman–Crippen LogP) is 5.50. The molecule has 4 nitrogen and oxygen atoms in total. The Hall–Kier alpha value is -2.70. The summed E-state index contributed by atoms with van der Waals surface area (Å²) in [5.74, 6) is 0.909. The minimum atomic E-state index is -4.48. The van der Waals surface area contributed by atoms with E-state index in [4.69, 9.17) is 9.47 Å². The summed E-state index contributed by atoms with van der Waals surface area (Å²) in [5.41, 5.74) is -0.849. The lowest BCUT2D eigenvalue weighted by molar-refractivity contribution is -0.137. The van der Waals surface area contributed by atoms with Crippen LogP contribution in [0.25, 0.3) is 0 Å². The summed E-state index contributed by atoms with van der Waals surface area (Å²) in [7, 11) is 0. The van der Waals surface area contributed by atoms with Gasteiger partial charge in [0.2, 0.25) is 0 Å². The molecule has 7 heteroatoms. The van der Waals surface area contributed by atoms with Crippen molar-refractivity contribution in [3.63, 3.8) is 0 Å². The minimum absolute atomic E-state index is 0.000607. The average Bonchev–Trinajstić information content (AvgIpc) is 2.56. The molecule has 0 aliphatic carbocycles. The van der Waals surface area contributed by atoms with Crippen LogP contribution in [0.1, 0.15) is 25.3 Å². The van der Waals surface area contributed by atoms with Crippen LogP contribution in [0.3, 0.4) is 0 Å². The van der Waals surface area contributed by atoms with Crippen molar-refractivity contribution < 1.29 is 27.4 Å². The molecule has 0 saturated carbocycles. The van der Waals surface area contributed by atoms with Crippen molar-refractivity contribution in [2.45, 2.75) is 25.9 Å². The van der Waals surface area contributed by atoms with Crippen LogP contribution in [0.15, 0.2) is 48.5 Å². The second-order valence-corrected chi connectivity index (χ2v) is 5.27. The van der Waals surface area contributed by atoms with E-state index in [-0.39, 0.29) is 11.4 Å². The maximum Gasteiger partial charge on any atom is 0.417 e. The van der Waals surface area contributed by atoms with Crippen LogP contribution in [-0.4, -0.2) is 12.7 Å². The van der Waals surface area contributed by atoms with E-state index in [1.54, 1.807) is 24.3 Å². The largest absolute Gasteiger partial charge is 0.494 e. The van der Waals surface area contributed by atoms with E-state index in [1.165, 1.54) is 12.1 Å². The van der Waals surface area contributed by atoms with Crippen LogP contribution < -0.4 is 14.8 Å². The van der Waals surface area contributed by atoms with E-state index in [0.29, 0.717) is 12.4 Å². The van der Waals surface area contributed by atoms with E-state index in [2.05, 4.69) is 12.2 Å². The fraction of sp³-hybridized carbons (Fsp3) is 0.278. The molecule has 1 N–H and O–H groups in total. The van der Waals surface area contributed by atoms with E-state index < -0.39 is 17.8 Å². The molecule has 0 aliphatic heterocycles. The van der Waals surface area contributed by atoms with Crippen LogP contribution in [0.5, 0.6) is 11.5 Å². The number of carbonyl (C=O) groups excluding carboxylic acids is 1. The zero-order chi connectivity index (χ0) is 18.3. The molecule has 0 spiro atoms. The number of rotatable bonds is 6. The summed E-state index contributed by atoms with van der Waals surface area (Å²) in [5, 5.41) is 2.27. The maximum atomic E-state index is 12.6. The molecule has 2 rings (SSSR count). The molecule has 2 aromatic rings. The van der Waals surface area contributed by atoms with Gasteiger partial charge >= 0.3 is 12.3 Å². The van der Waals surface area contributed by atoms with Crippen LogP contribution in [0.2, 0.25) is 0 Å². The van der Waals surface area contributed by atoms with Crippen molar-refractivity contribution in [2.75, 3.05) is 11.9 Å². The van der Waals surface area contributed by atoms with Crippen molar-refractivity contribution in [3.05, 3.63) is 54.1 Å². The van der Waals surface area contributed by atoms with Crippen molar-refractivity contribution >= 4 is 11.8 Å². The van der Waals surface area contributed by atoms with Crippen LogP contribution >= 0.6 is 0 Å². The Labute approximate surface area is 143 Å². The molecule has 0 unspecified atom stereocenters. The van der Waals surface area contributed by atoms with Crippen molar-refractivity contribution in [3.8, 4) is 11.5 Å². The summed E-state index contributed by atoms with van der Waals surface area (Å²) in [6, 6.07) is 10.7. The number of hydrogen-bond acceptors (Lipinski definition) is 3. The average molecular weight is 353 g/mol. The van der Waals surface area contributed by atoms with Crippen LogP contribution in [0, 0.1) is 0 Å². The highest BCUT2D eigenvalue weighted by atomic mass is 19.4. The molecule has 0 heterocycles. The van der Waals surface area contributed by atoms with E-state index in [9.17, 15) is 18.0 Å². The topological polar surface area (TPSA) is 47.6 Å². The third-order valence-corrected chi connectivity index (χ3v) is 3.24. The molecule has 0 radical (unpaired) electrons. The Morgan fingerprint density at radius 3 is 2.40 bits per heavy atom. The van der Waals surface area contributed by atoms with Gasteiger partial charge in [0, 0.05) is 5.69 Å². The Morgan fingerprint density at radius 1 is 1.08 bits per heavy atom. The summed E-state index contributed by atoms with van der Waals surface area (Å²) in [4.78, 5) is 11.8. The van der Waals surface area contributed by atoms with Gasteiger partial charge in [0.25, 0.3) is 0 Å². The lowest BCUT2D eigenvalue weighted by atomic mass is 10.2. The fourth-order valence-corrected chi connectivity index (χ4v) is 1.96. The number of unbranched alkanes of at least 4 members (excludes halogenated alkanes) is 1. The first-order chi connectivity index (χ1) is 11.9. The zero-order valence-electron chi connectivity index (χ0n) is 13.6. The Balaban J connectivity index is 1.92. The normalized spacial score (nSPS) is 11.0. The molecule has 0 atom stereocenters. The predicted molar refractivity (Wildman–Crippen MR) is 87.9 cm³/mol. The van der Waals surface area contributed by atoms with Gasteiger partial charge in [-0.05, 0) is 48.9 Å². The van der Waals surface area contributed by atoms with Crippen molar-refractivity contribution in [2.24, 2.45) is 0 Å². The molecule has 1 amide bonds. The first kappa shape index (κ1) is 18.6. The quantitative estimate of drug-likeness (QED) is 0.698. The monoisotopic (exact) mass is 353 g/mol. The van der Waals surface area contributed by atoms with E-state index in [1.807, 2.05) is 0 Å². The maximum absolute atomic E-state index is 12.6. The van der Waals surface area contributed by atoms with E-state index in [0.717, 1.165) is 25.0 Å². The van der Waals surface area contributed by atoms with Gasteiger partial charge in [-0.25, -0.2) is 4.79 Å². The smallest absolute Gasteiger partial charge is 0.417 e. The molecule has 2 aromatic carbocycles. The number of halogens is 3. The first-order valence-corrected chi connectivity index (χ1v) is 7.77. The van der Waals surface area contributed by atoms with Gasteiger partial charge in [-0.3, -0.25) is 5.32 Å². The lowest BCUT2D eigenvalue weighted by Gasteiger charge is -2.10. The van der Waals surface area contributed by atoms with Gasteiger partial charge in [-0.15, -0.1) is 0 Å². The third-order valence-electron chi connectivity index (χ3n) is 3.24. The molecule has 0 fully saturated rings. The number of nitrogens with one attached hydrogen (secondary N) is 1. The van der Waals surface area contributed by atoms with Crippen molar-refractivity contribution in [1.29, 1.82) is 0 Å². The zero-order valence-corrected chi connectivity index (χ0v) is 13.6. The molecule has 0 saturated heterocycles. The third kappa shape index (κ3) is 6.02. The summed E-state index contributed by atoms with van der Waals surface area (Å²) in [6.07, 6.45) is -3.39. The minimum Gasteiger partial charge on any atom is -0.494 e. The second-order valence-electron chi connectivity index (χ2n) is 5.27. The number of amides is 1. The molecule has 0 bridgehead atoms. The summed E-state index contributed by atoms with van der Waals surface area (Å²) < 4.78 is 48.5. The molecular weight excluding hydrogens is 335 g/mol. The Morgan fingerprint density at radius 2 is 1.76 bits per heavy atom. The summed E-state index contributed by atoms with van der Waals surface area (Å²) >= 11 is 0. The Bertz CT molecular complexity index is 699. The lowest BCUT2D eigenvalue weighted by Crippen LogP contribution is -2.17. The highest BCUT2D eigenvalue weighted by molar-refractivity contribution is 5.86. The number of alkyl halides is 3. The SMILES string of the molecule is CCCCOc1ccc(OC(=O)Nc2cccc(C(F)(F)F)c2)cc1. The van der Waals surface area contributed by atoms with Gasteiger partial charge in [-0.1, -0.05) is 19.4 Å². The standard InChI is InChI=1S/C18H18F3NO3/c1-2-3-11-24-15-7-9-16(10-8-15)25-17(23)22-14-6-4-5-13(12-14)18(19,20)21/h4-10,12H,2-3,11H2,1H3,(H,22,23). The number of carbonyl (C=O) groups is 1. The molecule has 0 aromatic heterocycles. The highest BCUT2D eigenvalue weighted by Crippen LogP contribution is 2.30. The molecular formula is C18H18F3NO3. The second kappa shape index (κ2) is 8.41. The Kier molecular flexibility index (Phi) is 6.27. The van der Waals surface area contributed by atoms with Crippen molar-refractivity contribution in [1.82, 2.24) is 0 Å². The highest BCUT2D eigenvalue weighted by Gasteiger charge is 2.30. The number of benzene rings is 2. The van der Waals surface area contributed by atoms with Gasteiger partial charge in [0.15, 0.2) is 0 Å². The van der Waals surface area contributed by atoms with Gasteiger partial charge in [-0.2, -0.15) is 13.2 Å². The van der Waals surface area contributed by atoms with Gasteiger partial charge in [0.1, 0.15) is 11.5 Å². The van der Waals surface area contributed by atoms with Crippen LogP contribution in [0.4, 0.5) is 23.7 Å². The number of anilines is 1. The molecule has 134 valence electrons. The fourth-order valence-electron chi connectivity index (χ4n) is 1.96. The van der Waals surface area contributed by atoms with Gasteiger partial charge < -0.3 is 9.47 Å².